The van der Waals surface area contributed by atoms with Gasteiger partial charge in [-0.1, -0.05) is 20.3 Å². The molecule has 1 aliphatic rings. The van der Waals surface area contributed by atoms with Crippen LogP contribution in [0.4, 0.5) is 0 Å². The second kappa shape index (κ2) is 5.55. The van der Waals surface area contributed by atoms with E-state index in [1.54, 1.807) is 0 Å². The minimum Gasteiger partial charge on any atom is -0.255 e. The van der Waals surface area contributed by atoms with Crippen LogP contribution >= 0.6 is 0 Å². The third kappa shape index (κ3) is 3.55. The Hall–Kier alpha value is -0.0800. The van der Waals surface area contributed by atoms with Crippen molar-refractivity contribution in [3.05, 3.63) is 0 Å². The van der Waals surface area contributed by atoms with Crippen molar-refractivity contribution < 1.29 is 0 Å². The summed E-state index contributed by atoms with van der Waals surface area (Å²) in [6.07, 6.45) is 6.65. The highest BCUT2D eigenvalue weighted by Crippen LogP contribution is 2.25. The fraction of sp³-hybridized carbons (Fsp3) is 1.00. The summed E-state index contributed by atoms with van der Waals surface area (Å²) < 4.78 is 0. The van der Waals surface area contributed by atoms with Gasteiger partial charge in [0, 0.05) is 19.1 Å². The number of hydrogen-bond acceptors (Lipinski definition) is 2. The average molecular weight is 170 g/mol. The number of hydrazine groups is 1. The highest BCUT2D eigenvalue weighted by Gasteiger charge is 2.27. The van der Waals surface area contributed by atoms with Crippen LogP contribution < -0.4 is 5.43 Å². The fourth-order valence-corrected chi connectivity index (χ4v) is 1.42. The Morgan fingerprint density at radius 2 is 2.00 bits per heavy atom. The van der Waals surface area contributed by atoms with Crippen LogP contribution in [0, 0.1) is 0 Å². The highest BCUT2D eigenvalue weighted by atomic mass is 15.5. The Labute approximate surface area is 76.3 Å². The summed E-state index contributed by atoms with van der Waals surface area (Å²) >= 11 is 0. The normalized spacial score (nSPS) is 17.2. The molecular formula is C10H22N2. The fourth-order valence-electron chi connectivity index (χ4n) is 1.42. The van der Waals surface area contributed by atoms with Crippen LogP contribution in [-0.4, -0.2) is 24.1 Å². The quantitative estimate of drug-likeness (QED) is 0.465. The van der Waals surface area contributed by atoms with E-state index in [4.69, 9.17) is 0 Å². The maximum atomic E-state index is 3.52. The molecule has 1 N–H and O–H groups in total. The molecule has 0 aromatic carbocycles. The monoisotopic (exact) mass is 170 g/mol. The molecule has 0 spiro atoms. The molecule has 2 heteroatoms. The van der Waals surface area contributed by atoms with E-state index in [0.717, 1.165) is 12.6 Å². The van der Waals surface area contributed by atoms with Crippen LogP contribution in [0.2, 0.25) is 0 Å². The van der Waals surface area contributed by atoms with Crippen molar-refractivity contribution in [2.75, 3.05) is 13.1 Å². The summed E-state index contributed by atoms with van der Waals surface area (Å²) in [5.74, 6) is 0. The van der Waals surface area contributed by atoms with Gasteiger partial charge in [-0.25, -0.2) is 5.01 Å². The lowest BCUT2D eigenvalue weighted by molar-refractivity contribution is 0.176. The van der Waals surface area contributed by atoms with Crippen molar-refractivity contribution in [3.8, 4) is 0 Å². The number of rotatable bonds is 7. The van der Waals surface area contributed by atoms with Crippen molar-refractivity contribution in [2.24, 2.45) is 0 Å². The van der Waals surface area contributed by atoms with E-state index >= 15 is 0 Å². The van der Waals surface area contributed by atoms with Crippen molar-refractivity contribution in [1.29, 1.82) is 0 Å². The molecule has 1 rings (SSSR count). The molecular weight excluding hydrogens is 148 g/mol. The lowest BCUT2D eigenvalue weighted by atomic mass is 10.3. The Morgan fingerprint density at radius 3 is 2.50 bits per heavy atom. The van der Waals surface area contributed by atoms with Gasteiger partial charge in [-0.3, -0.25) is 5.43 Å². The van der Waals surface area contributed by atoms with E-state index in [1.807, 2.05) is 0 Å². The van der Waals surface area contributed by atoms with E-state index in [0.29, 0.717) is 0 Å². The molecule has 0 radical (unpaired) electrons. The van der Waals surface area contributed by atoms with Gasteiger partial charge >= 0.3 is 0 Å². The van der Waals surface area contributed by atoms with Crippen LogP contribution in [0.3, 0.4) is 0 Å². The molecule has 0 atom stereocenters. The van der Waals surface area contributed by atoms with E-state index in [9.17, 15) is 0 Å². The topological polar surface area (TPSA) is 15.3 Å². The first-order valence-corrected chi connectivity index (χ1v) is 5.38. The largest absolute Gasteiger partial charge is 0.255 e. The maximum absolute atomic E-state index is 3.52. The predicted octanol–water partition coefficient (Wildman–Crippen LogP) is 2.17. The molecule has 1 fully saturated rings. The van der Waals surface area contributed by atoms with Gasteiger partial charge in [0.1, 0.15) is 0 Å². The van der Waals surface area contributed by atoms with Gasteiger partial charge in [-0.05, 0) is 25.7 Å². The SMILES string of the molecule is CCCCNN(CCC)C1CC1. The molecule has 72 valence electrons. The number of hydrogen-bond donors (Lipinski definition) is 1. The summed E-state index contributed by atoms with van der Waals surface area (Å²) in [6, 6.07) is 0.863. The minimum atomic E-state index is 0.863. The van der Waals surface area contributed by atoms with Gasteiger partial charge < -0.3 is 0 Å². The Bertz CT molecular complexity index is 110. The molecule has 0 saturated heterocycles. The van der Waals surface area contributed by atoms with Crippen LogP contribution in [0.25, 0.3) is 0 Å². The Balaban J connectivity index is 2.05. The summed E-state index contributed by atoms with van der Waals surface area (Å²) in [4.78, 5) is 0. The van der Waals surface area contributed by atoms with Gasteiger partial charge in [0.15, 0.2) is 0 Å². The molecule has 0 amide bonds. The molecule has 0 aliphatic heterocycles. The zero-order valence-corrected chi connectivity index (χ0v) is 8.47. The van der Waals surface area contributed by atoms with E-state index in [1.165, 1.54) is 38.6 Å². The number of nitrogens with zero attached hydrogens (tertiary/aromatic N) is 1. The van der Waals surface area contributed by atoms with Gasteiger partial charge in [0.25, 0.3) is 0 Å². The van der Waals surface area contributed by atoms with Gasteiger partial charge in [0.05, 0.1) is 0 Å². The molecule has 0 bridgehead atoms. The Morgan fingerprint density at radius 1 is 1.25 bits per heavy atom. The number of nitrogens with one attached hydrogen (secondary N) is 1. The van der Waals surface area contributed by atoms with Crippen LogP contribution in [0.5, 0.6) is 0 Å². The zero-order valence-electron chi connectivity index (χ0n) is 8.47. The van der Waals surface area contributed by atoms with Crippen molar-refractivity contribution in [3.63, 3.8) is 0 Å². The van der Waals surface area contributed by atoms with Gasteiger partial charge in [-0.2, -0.15) is 0 Å². The average Bonchev–Trinajstić information content (AvgIpc) is 2.86. The summed E-state index contributed by atoms with van der Waals surface area (Å²) in [7, 11) is 0. The maximum Gasteiger partial charge on any atom is 0.0244 e. The first kappa shape index (κ1) is 10.0. The van der Waals surface area contributed by atoms with Crippen LogP contribution in [0.15, 0.2) is 0 Å². The van der Waals surface area contributed by atoms with Gasteiger partial charge in [0.2, 0.25) is 0 Å². The standard InChI is InChI=1S/C10H22N2/c1-3-5-8-11-12(9-4-2)10-6-7-10/h10-11H,3-9H2,1-2H3. The molecule has 12 heavy (non-hydrogen) atoms. The van der Waals surface area contributed by atoms with E-state index < -0.39 is 0 Å². The predicted molar refractivity (Wildman–Crippen MR) is 52.9 cm³/mol. The molecule has 1 aliphatic carbocycles. The lowest BCUT2D eigenvalue weighted by Crippen LogP contribution is -2.40. The first-order chi connectivity index (χ1) is 5.88. The molecule has 0 aromatic rings. The zero-order chi connectivity index (χ0) is 8.81. The summed E-state index contributed by atoms with van der Waals surface area (Å²) in [5, 5.41) is 2.44. The first-order valence-electron chi connectivity index (χ1n) is 5.38. The third-order valence-corrected chi connectivity index (χ3v) is 2.30. The second-order valence-electron chi connectivity index (χ2n) is 3.69. The minimum absolute atomic E-state index is 0.863. The smallest absolute Gasteiger partial charge is 0.0244 e. The van der Waals surface area contributed by atoms with Crippen molar-refractivity contribution in [2.45, 2.75) is 52.0 Å². The molecule has 1 saturated carbocycles. The third-order valence-electron chi connectivity index (χ3n) is 2.30. The lowest BCUT2D eigenvalue weighted by Gasteiger charge is -2.22. The highest BCUT2D eigenvalue weighted by molar-refractivity contribution is 4.82. The number of unbranched alkanes of at least 4 members (excludes halogenated alkanes) is 1. The molecule has 0 heterocycles. The summed E-state index contributed by atoms with van der Waals surface area (Å²) in [6.45, 7) is 6.86. The van der Waals surface area contributed by atoms with Crippen LogP contribution in [0.1, 0.15) is 46.0 Å². The second-order valence-corrected chi connectivity index (χ2v) is 3.69. The van der Waals surface area contributed by atoms with E-state index in [-0.39, 0.29) is 0 Å². The molecule has 2 nitrogen and oxygen atoms in total. The Kier molecular flexibility index (Phi) is 4.62. The molecule has 0 unspecified atom stereocenters. The van der Waals surface area contributed by atoms with Crippen molar-refractivity contribution in [1.82, 2.24) is 10.4 Å². The van der Waals surface area contributed by atoms with Gasteiger partial charge in [-0.15, -0.1) is 0 Å². The van der Waals surface area contributed by atoms with Crippen LogP contribution in [-0.2, 0) is 0 Å². The summed E-state index contributed by atoms with van der Waals surface area (Å²) in [5.41, 5.74) is 3.52. The molecule has 0 aromatic heterocycles. The van der Waals surface area contributed by atoms with Crippen molar-refractivity contribution >= 4 is 0 Å². The van der Waals surface area contributed by atoms with E-state index in [2.05, 4.69) is 24.3 Å².